The molecule has 16 heavy (non-hydrogen) atoms. The van der Waals surface area contributed by atoms with Crippen LogP contribution in [0.4, 0.5) is 5.82 Å². The summed E-state index contributed by atoms with van der Waals surface area (Å²) in [4.78, 5) is 6.70. The quantitative estimate of drug-likeness (QED) is 0.730. The Morgan fingerprint density at radius 3 is 2.62 bits per heavy atom. The van der Waals surface area contributed by atoms with E-state index < -0.39 is 0 Å². The highest BCUT2D eigenvalue weighted by Gasteiger charge is 2.28. The van der Waals surface area contributed by atoms with Crippen LogP contribution in [0.1, 0.15) is 33.1 Å². The molecule has 0 unspecified atom stereocenters. The molecule has 0 aliphatic carbocycles. The molecule has 0 bridgehead atoms. The highest BCUT2D eigenvalue weighted by atomic mass is 35.5. The van der Waals surface area contributed by atoms with Crippen LogP contribution in [0.25, 0.3) is 0 Å². The summed E-state index contributed by atoms with van der Waals surface area (Å²) in [5.41, 5.74) is 0.523. The van der Waals surface area contributed by atoms with Gasteiger partial charge >= 0.3 is 0 Å². The molecule has 1 saturated heterocycles. The van der Waals surface area contributed by atoms with Gasteiger partial charge in [-0.3, -0.25) is 0 Å². The number of anilines is 1. The molecule has 2 rings (SSSR count). The molecule has 0 atom stereocenters. The molecule has 3 heteroatoms. The lowest BCUT2D eigenvalue weighted by molar-refractivity contribution is 0.238. The maximum absolute atomic E-state index is 5.91. The Morgan fingerprint density at radius 1 is 1.38 bits per heavy atom. The molecule has 88 valence electrons. The number of hydrogen-bond acceptors (Lipinski definition) is 2. The van der Waals surface area contributed by atoms with Gasteiger partial charge in [0.25, 0.3) is 0 Å². The van der Waals surface area contributed by atoms with Crippen molar-refractivity contribution in [1.82, 2.24) is 4.98 Å². The van der Waals surface area contributed by atoms with Crippen molar-refractivity contribution in [2.75, 3.05) is 18.0 Å². The zero-order chi connectivity index (χ0) is 11.6. The lowest BCUT2D eigenvalue weighted by Crippen LogP contribution is -2.38. The van der Waals surface area contributed by atoms with E-state index in [9.17, 15) is 0 Å². The van der Waals surface area contributed by atoms with Gasteiger partial charge in [0, 0.05) is 13.1 Å². The monoisotopic (exact) mass is 238 g/mol. The van der Waals surface area contributed by atoms with E-state index in [-0.39, 0.29) is 0 Å². The van der Waals surface area contributed by atoms with Crippen molar-refractivity contribution in [3.8, 4) is 0 Å². The summed E-state index contributed by atoms with van der Waals surface area (Å²) in [7, 11) is 0. The molecule has 1 aromatic rings. The summed E-state index contributed by atoms with van der Waals surface area (Å²) in [5.74, 6) is 1.02. The Kier molecular flexibility index (Phi) is 3.38. The SMILES string of the molecule is CCC1(C)CCN(c2cccc(Cl)n2)CC1. The van der Waals surface area contributed by atoms with Crippen LogP contribution < -0.4 is 4.90 Å². The van der Waals surface area contributed by atoms with E-state index in [2.05, 4.69) is 23.7 Å². The minimum Gasteiger partial charge on any atom is -0.357 e. The maximum atomic E-state index is 5.91. The van der Waals surface area contributed by atoms with Crippen molar-refractivity contribution in [2.45, 2.75) is 33.1 Å². The fraction of sp³-hybridized carbons (Fsp3) is 0.615. The lowest BCUT2D eigenvalue weighted by atomic mass is 9.78. The summed E-state index contributed by atoms with van der Waals surface area (Å²) >= 11 is 5.91. The second kappa shape index (κ2) is 4.62. The smallest absolute Gasteiger partial charge is 0.131 e. The standard InChI is InChI=1S/C13H19ClN2/c1-3-13(2)7-9-16(10-8-13)12-6-4-5-11(14)15-12/h4-6H,3,7-10H2,1-2H3. The Labute approximate surface area is 103 Å². The van der Waals surface area contributed by atoms with E-state index >= 15 is 0 Å². The average Bonchev–Trinajstić information content (AvgIpc) is 2.30. The molecule has 0 N–H and O–H groups in total. The maximum Gasteiger partial charge on any atom is 0.131 e. The molecular weight excluding hydrogens is 220 g/mol. The predicted molar refractivity (Wildman–Crippen MR) is 69.1 cm³/mol. The van der Waals surface area contributed by atoms with Crippen LogP contribution in [0, 0.1) is 5.41 Å². The highest BCUT2D eigenvalue weighted by molar-refractivity contribution is 6.29. The van der Waals surface area contributed by atoms with Crippen LogP contribution in [-0.2, 0) is 0 Å². The third-order valence-corrected chi connectivity index (χ3v) is 4.06. The van der Waals surface area contributed by atoms with Crippen molar-refractivity contribution in [1.29, 1.82) is 0 Å². The molecule has 1 aliphatic heterocycles. The summed E-state index contributed by atoms with van der Waals surface area (Å²) in [6.45, 7) is 6.86. The van der Waals surface area contributed by atoms with Crippen LogP contribution in [0.15, 0.2) is 18.2 Å². The summed E-state index contributed by atoms with van der Waals surface area (Å²) in [6.07, 6.45) is 3.76. The Bertz CT molecular complexity index is 357. The van der Waals surface area contributed by atoms with Crippen LogP contribution in [0.5, 0.6) is 0 Å². The van der Waals surface area contributed by atoms with Gasteiger partial charge in [-0.2, -0.15) is 0 Å². The van der Waals surface area contributed by atoms with E-state index in [1.165, 1.54) is 19.3 Å². The van der Waals surface area contributed by atoms with Gasteiger partial charge in [-0.05, 0) is 30.4 Å². The number of hydrogen-bond donors (Lipinski definition) is 0. The molecule has 1 fully saturated rings. The minimum atomic E-state index is 0.523. The topological polar surface area (TPSA) is 16.1 Å². The number of aromatic nitrogens is 1. The molecule has 0 aromatic carbocycles. The first-order chi connectivity index (χ1) is 7.63. The highest BCUT2D eigenvalue weighted by Crippen LogP contribution is 2.35. The molecule has 2 heterocycles. The zero-order valence-electron chi connectivity index (χ0n) is 10.0. The van der Waals surface area contributed by atoms with Crippen LogP contribution in [0.2, 0.25) is 5.15 Å². The van der Waals surface area contributed by atoms with Gasteiger partial charge in [0.15, 0.2) is 0 Å². The molecule has 1 aliphatic rings. The van der Waals surface area contributed by atoms with Crippen molar-refractivity contribution < 1.29 is 0 Å². The third kappa shape index (κ3) is 2.49. The largest absolute Gasteiger partial charge is 0.357 e. The van der Waals surface area contributed by atoms with Crippen LogP contribution in [0.3, 0.4) is 0 Å². The number of halogens is 1. The number of piperidine rings is 1. The molecule has 2 nitrogen and oxygen atoms in total. The summed E-state index contributed by atoms with van der Waals surface area (Å²) in [5, 5.41) is 0.585. The van der Waals surface area contributed by atoms with E-state index in [4.69, 9.17) is 11.6 Å². The fourth-order valence-corrected chi connectivity index (χ4v) is 2.36. The van der Waals surface area contributed by atoms with E-state index in [1.54, 1.807) is 0 Å². The van der Waals surface area contributed by atoms with E-state index in [0.717, 1.165) is 18.9 Å². The van der Waals surface area contributed by atoms with Gasteiger partial charge in [0.1, 0.15) is 11.0 Å². The van der Waals surface area contributed by atoms with Gasteiger partial charge in [-0.1, -0.05) is 37.9 Å². The summed E-state index contributed by atoms with van der Waals surface area (Å²) in [6, 6.07) is 5.84. The molecule has 0 radical (unpaired) electrons. The normalized spacial score (nSPS) is 19.8. The molecular formula is C13H19ClN2. The molecule has 0 amide bonds. The first kappa shape index (κ1) is 11.7. The zero-order valence-corrected chi connectivity index (χ0v) is 10.8. The lowest BCUT2D eigenvalue weighted by Gasteiger charge is -2.39. The second-order valence-corrected chi connectivity index (χ2v) is 5.36. The number of nitrogens with zero attached hydrogens (tertiary/aromatic N) is 2. The third-order valence-electron chi connectivity index (χ3n) is 3.85. The van der Waals surface area contributed by atoms with Crippen molar-refractivity contribution in [2.24, 2.45) is 5.41 Å². The van der Waals surface area contributed by atoms with Gasteiger partial charge in [-0.25, -0.2) is 4.98 Å². The number of pyridine rings is 1. The van der Waals surface area contributed by atoms with Crippen molar-refractivity contribution in [3.63, 3.8) is 0 Å². The average molecular weight is 239 g/mol. The first-order valence-electron chi connectivity index (χ1n) is 6.00. The molecule has 1 aromatic heterocycles. The molecule has 0 spiro atoms. The first-order valence-corrected chi connectivity index (χ1v) is 6.38. The van der Waals surface area contributed by atoms with Gasteiger partial charge in [0.05, 0.1) is 0 Å². The van der Waals surface area contributed by atoms with Gasteiger partial charge in [0.2, 0.25) is 0 Å². The minimum absolute atomic E-state index is 0.523. The second-order valence-electron chi connectivity index (χ2n) is 4.97. The predicted octanol–water partition coefficient (Wildman–Crippen LogP) is 3.75. The molecule has 0 saturated carbocycles. The van der Waals surface area contributed by atoms with Gasteiger partial charge in [-0.15, -0.1) is 0 Å². The van der Waals surface area contributed by atoms with Crippen LogP contribution >= 0.6 is 11.6 Å². The Balaban J connectivity index is 2.04. The van der Waals surface area contributed by atoms with E-state index in [0.29, 0.717) is 10.6 Å². The van der Waals surface area contributed by atoms with Crippen LogP contribution in [-0.4, -0.2) is 18.1 Å². The summed E-state index contributed by atoms with van der Waals surface area (Å²) < 4.78 is 0. The number of rotatable bonds is 2. The van der Waals surface area contributed by atoms with E-state index in [1.807, 2.05) is 18.2 Å². The Morgan fingerprint density at radius 2 is 2.06 bits per heavy atom. The van der Waals surface area contributed by atoms with Crippen molar-refractivity contribution in [3.05, 3.63) is 23.4 Å². The fourth-order valence-electron chi connectivity index (χ4n) is 2.20. The van der Waals surface area contributed by atoms with Gasteiger partial charge < -0.3 is 4.90 Å². The van der Waals surface area contributed by atoms with Crippen molar-refractivity contribution >= 4 is 17.4 Å². The Hall–Kier alpha value is -0.760.